The molecule has 5 rings (SSSR count). The number of nitriles is 1. The average molecular weight is 464 g/mol. The number of nitrogens with one attached hydrogen (secondary N) is 1. The monoisotopic (exact) mass is 463 g/mol. The number of alkyl halides is 1. The number of halogens is 1. The minimum absolute atomic E-state index is 0.0639. The molecule has 1 aromatic carbocycles. The molecule has 34 heavy (non-hydrogen) atoms. The van der Waals surface area contributed by atoms with E-state index in [1.54, 1.807) is 25.4 Å². The minimum Gasteiger partial charge on any atom is -0.507 e. The predicted molar refractivity (Wildman–Crippen MR) is 123 cm³/mol. The van der Waals surface area contributed by atoms with E-state index in [1.165, 1.54) is 10.7 Å². The van der Waals surface area contributed by atoms with Gasteiger partial charge in [0.2, 0.25) is 5.82 Å². The van der Waals surface area contributed by atoms with Gasteiger partial charge in [-0.15, -0.1) is 10.2 Å². The van der Waals surface area contributed by atoms with E-state index in [1.807, 2.05) is 24.9 Å². The Morgan fingerprint density at radius 3 is 2.71 bits per heavy atom. The van der Waals surface area contributed by atoms with E-state index in [2.05, 4.69) is 37.5 Å². The zero-order valence-electron chi connectivity index (χ0n) is 19.5. The molecule has 2 N–H and O–H groups in total. The van der Waals surface area contributed by atoms with Crippen molar-refractivity contribution in [1.82, 2.24) is 35.3 Å². The van der Waals surface area contributed by atoms with Gasteiger partial charge in [0, 0.05) is 30.7 Å². The molecule has 2 bridgehead atoms. The van der Waals surface area contributed by atoms with Gasteiger partial charge in [0.25, 0.3) is 0 Å². The third kappa shape index (κ3) is 3.54. The van der Waals surface area contributed by atoms with Crippen molar-refractivity contribution in [3.8, 4) is 34.6 Å². The van der Waals surface area contributed by atoms with Crippen LogP contribution in [0.2, 0.25) is 0 Å². The lowest BCUT2D eigenvalue weighted by molar-refractivity contribution is 0.0859. The highest BCUT2D eigenvalue weighted by molar-refractivity contribution is 5.70. The van der Waals surface area contributed by atoms with Crippen LogP contribution in [-0.4, -0.2) is 65.4 Å². The standard InChI is InChI=1S/C23H26FN9O/c1-22-7-8-23(2,31-22)19(24)15(10-22)32(3)18-12-26-21(29-28-18)14-6-5-13(9-16(14)34)20-27-17(11-25)33(4)30-20/h5-6,9,12,15,19,31,34H,7-8,10H2,1-4H3/t15-,19-,22-,23+/m0/s1. The molecule has 0 amide bonds. The number of phenols is 1. The first-order valence-corrected chi connectivity index (χ1v) is 11.1. The van der Waals surface area contributed by atoms with Gasteiger partial charge in [-0.1, -0.05) is 6.07 Å². The fraction of sp³-hybridized carbons (Fsp3) is 0.478. The second-order valence-corrected chi connectivity index (χ2v) is 9.75. The molecule has 0 unspecified atom stereocenters. The molecule has 2 aliphatic heterocycles. The summed E-state index contributed by atoms with van der Waals surface area (Å²) in [7, 11) is 3.45. The maximum absolute atomic E-state index is 15.4. The van der Waals surface area contributed by atoms with E-state index >= 15 is 4.39 Å². The molecule has 4 atom stereocenters. The van der Waals surface area contributed by atoms with Crippen molar-refractivity contribution in [2.45, 2.75) is 56.4 Å². The number of aryl methyl sites for hydroxylation is 1. The van der Waals surface area contributed by atoms with Crippen LogP contribution in [0.25, 0.3) is 22.8 Å². The van der Waals surface area contributed by atoms with Crippen molar-refractivity contribution in [1.29, 1.82) is 5.26 Å². The molecule has 176 valence electrons. The Morgan fingerprint density at radius 2 is 2.06 bits per heavy atom. The third-order valence-electron chi connectivity index (χ3n) is 7.16. The Balaban J connectivity index is 1.37. The predicted octanol–water partition coefficient (Wildman–Crippen LogP) is 2.36. The number of anilines is 1. The summed E-state index contributed by atoms with van der Waals surface area (Å²) in [5.74, 6) is 1.16. The number of aromatic nitrogens is 6. The number of hydrogen-bond donors (Lipinski definition) is 2. The van der Waals surface area contributed by atoms with Crippen LogP contribution in [0.3, 0.4) is 0 Å². The molecule has 10 nitrogen and oxygen atoms in total. The smallest absolute Gasteiger partial charge is 0.231 e. The topological polar surface area (TPSA) is 129 Å². The minimum atomic E-state index is -1.05. The molecule has 2 saturated heterocycles. The number of piperidine rings is 1. The van der Waals surface area contributed by atoms with Crippen LogP contribution in [0.5, 0.6) is 5.75 Å². The fourth-order valence-corrected chi connectivity index (χ4v) is 5.22. The van der Waals surface area contributed by atoms with Gasteiger partial charge in [0.05, 0.1) is 17.8 Å². The summed E-state index contributed by atoms with van der Waals surface area (Å²) in [5.41, 5.74) is 0.307. The van der Waals surface area contributed by atoms with Crippen LogP contribution >= 0.6 is 0 Å². The van der Waals surface area contributed by atoms with Gasteiger partial charge < -0.3 is 15.3 Å². The summed E-state index contributed by atoms with van der Waals surface area (Å²) >= 11 is 0. The van der Waals surface area contributed by atoms with E-state index < -0.39 is 11.7 Å². The van der Waals surface area contributed by atoms with Crippen molar-refractivity contribution in [2.75, 3.05) is 11.9 Å². The van der Waals surface area contributed by atoms with Gasteiger partial charge >= 0.3 is 0 Å². The highest BCUT2D eigenvalue weighted by Gasteiger charge is 2.56. The Morgan fingerprint density at radius 1 is 1.26 bits per heavy atom. The van der Waals surface area contributed by atoms with Crippen LogP contribution in [0.1, 0.15) is 38.9 Å². The molecule has 2 fully saturated rings. The molecule has 4 heterocycles. The van der Waals surface area contributed by atoms with Crippen LogP contribution in [0, 0.1) is 11.3 Å². The summed E-state index contributed by atoms with van der Waals surface area (Å²) in [6, 6.07) is 6.48. The second kappa shape index (κ2) is 7.70. The molecule has 0 aliphatic carbocycles. The lowest BCUT2D eigenvalue weighted by Gasteiger charge is -2.47. The van der Waals surface area contributed by atoms with Gasteiger partial charge in [-0.25, -0.2) is 14.1 Å². The number of benzene rings is 1. The third-order valence-corrected chi connectivity index (χ3v) is 7.16. The van der Waals surface area contributed by atoms with Gasteiger partial charge in [-0.05, 0) is 45.2 Å². The number of aromatic hydroxyl groups is 1. The van der Waals surface area contributed by atoms with Crippen LogP contribution in [0.4, 0.5) is 10.2 Å². The lowest BCUT2D eigenvalue weighted by atomic mass is 9.82. The number of hydrogen-bond acceptors (Lipinski definition) is 9. The molecule has 0 radical (unpaired) electrons. The SMILES string of the molecule is CN(c1cnc(-c2ccc(-c3nc(C#N)n(C)n3)cc2O)nn1)[C@H]1C[C@]2(C)CC[C@@](C)(N2)[C@H]1F. The molecular formula is C23H26FN9O. The van der Waals surface area contributed by atoms with E-state index in [9.17, 15) is 5.11 Å². The number of nitrogens with zero attached hydrogens (tertiary/aromatic N) is 8. The Bertz CT molecular complexity index is 1290. The largest absolute Gasteiger partial charge is 0.507 e. The van der Waals surface area contributed by atoms with Crippen LogP contribution in [-0.2, 0) is 7.05 Å². The number of rotatable bonds is 4. The maximum atomic E-state index is 15.4. The van der Waals surface area contributed by atoms with Crippen molar-refractivity contribution in [3.05, 3.63) is 30.2 Å². The first-order valence-electron chi connectivity index (χ1n) is 11.1. The number of phenolic OH excluding ortho intramolecular Hbond substituents is 1. The van der Waals surface area contributed by atoms with Crippen molar-refractivity contribution < 1.29 is 9.50 Å². The van der Waals surface area contributed by atoms with Gasteiger partial charge in [-0.3, -0.25) is 0 Å². The molecule has 2 aliphatic rings. The fourth-order valence-electron chi connectivity index (χ4n) is 5.22. The van der Waals surface area contributed by atoms with Crippen molar-refractivity contribution in [3.63, 3.8) is 0 Å². The Hall–Kier alpha value is -3.65. The van der Waals surface area contributed by atoms with E-state index in [-0.39, 0.29) is 29.0 Å². The summed E-state index contributed by atoms with van der Waals surface area (Å²) in [5, 5.41) is 35.8. The first-order chi connectivity index (χ1) is 16.1. The quantitative estimate of drug-likeness (QED) is 0.599. The lowest BCUT2D eigenvalue weighted by Crippen LogP contribution is -2.65. The maximum Gasteiger partial charge on any atom is 0.231 e. The zero-order chi connectivity index (χ0) is 24.3. The molecule has 3 aromatic rings. The van der Waals surface area contributed by atoms with Crippen molar-refractivity contribution in [2.24, 2.45) is 7.05 Å². The Kier molecular flexibility index (Phi) is 5.02. The zero-order valence-corrected chi connectivity index (χ0v) is 19.5. The van der Waals surface area contributed by atoms with Crippen LogP contribution in [0.15, 0.2) is 24.4 Å². The van der Waals surface area contributed by atoms with Gasteiger partial charge in [0.15, 0.2) is 17.5 Å². The summed E-state index contributed by atoms with van der Waals surface area (Å²) < 4.78 is 16.8. The molecule has 0 spiro atoms. The molecule has 11 heteroatoms. The highest BCUT2D eigenvalue weighted by atomic mass is 19.1. The van der Waals surface area contributed by atoms with E-state index in [0.717, 1.165) is 12.8 Å². The molecule has 0 saturated carbocycles. The van der Waals surface area contributed by atoms with Crippen LogP contribution < -0.4 is 10.2 Å². The van der Waals surface area contributed by atoms with E-state index in [0.29, 0.717) is 29.2 Å². The van der Waals surface area contributed by atoms with E-state index in [4.69, 9.17) is 5.26 Å². The average Bonchev–Trinajstić information content (AvgIpc) is 3.33. The summed E-state index contributed by atoms with van der Waals surface area (Å²) in [6.45, 7) is 4.09. The molecule has 2 aromatic heterocycles. The highest BCUT2D eigenvalue weighted by Crippen LogP contribution is 2.45. The summed E-state index contributed by atoms with van der Waals surface area (Å²) in [6.07, 6.45) is 2.92. The number of fused-ring (bicyclic) bond motifs is 2. The Labute approximate surface area is 196 Å². The van der Waals surface area contributed by atoms with Gasteiger partial charge in [0.1, 0.15) is 18.0 Å². The normalized spacial score (nSPS) is 28.0. The summed E-state index contributed by atoms with van der Waals surface area (Å²) in [4.78, 5) is 10.3. The van der Waals surface area contributed by atoms with Gasteiger partial charge in [-0.2, -0.15) is 15.3 Å². The second-order valence-electron chi connectivity index (χ2n) is 9.75. The molecular weight excluding hydrogens is 437 g/mol. The first kappa shape index (κ1) is 22.2. The van der Waals surface area contributed by atoms with Crippen molar-refractivity contribution >= 4 is 5.82 Å².